The van der Waals surface area contributed by atoms with Crippen molar-refractivity contribution in [2.24, 2.45) is 5.92 Å². The molecule has 1 rings (SSSR count). The summed E-state index contributed by atoms with van der Waals surface area (Å²) >= 11 is 0. The van der Waals surface area contributed by atoms with Gasteiger partial charge >= 0.3 is 6.03 Å². The van der Waals surface area contributed by atoms with Crippen molar-refractivity contribution < 1.29 is 9.53 Å². The molecule has 0 fully saturated rings. The van der Waals surface area contributed by atoms with Crippen molar-refractivity contribution in [2.75, 3.05) is 13.2 Å². The molecule has 1 aromatic rings. The molecule has 2 amide bonds. The van der Waals surface area contributed by atoms with Gasteiger partial charge in [0.2, 0.25) is 0 Å². The van der Waals surface area contributed by atoms with Crippen LogP contribution in [0.25, 0.3) is 0 Å². The third-order valence-electron chi connectivity index (χ3n) is 3.04. The molecule has 106 valence electrons. The summed E-state index contributed by atoms with van der Waals surface area (Å²) in [7, 11) is 0. The molecule has 0 heterocycles. The number of amides is 2. The summed E-state index contributed by atoms with van der Waals surface area (Å²) in [6, 6.07) is 7.87. The Morgan fingerprint density at radius 1 is 1.21 bits per heavy atom. The number of urea groups is 1. The average Bonchev–Trinajstić information content (AvgIpc) is 2.36. The Bertz CT molecular complexity index is 388. The third kappa shape index (κ3) is 6.13. The van der Waals surface area contributed by atoms with E-state index in [0.29, 0.717) is 19.1 Å². The maximum atomic E-state index is 11.5. The molecule has 0 aliphatic rings. The lowest BCUT2D eigenvalue weighted by molar-refractivity contribution is 0.230. The maximum Gasteiger partial charge on any atom is 0.315 e. The van der Waals surface area contributed by atoms with Crippen LogP contribution in [-0.2, 0) is 0 Å². The highest BCUT2D eigenvalue weighted by molar-refractivity contribution is 5.74. The largest absolute Gasteiger partial charge is 0.492 e. The Morgan fingerprint density at radius 3 is 2.42 bits per heavy atom. The second-order valence-electron chi connectivity index (χ2n) is 5.09. The van der Waals surface area contributed by atoms with E-state index in [2.05, 4.69) is 24.5 Å². The number of rotatable bonds is 6. The van der Waals surface area contributed by atoms with Crippen molar-refractivity contribution in [2.45, 2.75) is 33.7 Å². The maximum absolute atomic E-state index is 11.5. The summed E-state index contributed by atoms with van der Waals surface area (Å²) in [5.41, 5.74) is 1.20. The highest BCUT2D eigenvalue weighted by atomic mass is 16.5. The van der Waals surface area contributed by atoms with Crippen LogP contribution >= 0.6 is 0 Å². The zero-order chi connectivity index (χ0) is 14.3. The van der Waals surface area contributed by atoms with E-state index >= 15 is 0 Å². The lowest BCUT2D eigenvalue weighted by Gasteiger charge is -2.17. The molecule has 1 atom stereocenters. The molecule has 0 radical (unpaired) electrons. The van der Waals surface area contributed by atoms with E-state index in [4.69, 9.17) is 4.74 Å². The second-order valence-corrected chi connectivity index (χ2v) is 5.09. The number of hydrogen-bond acceptors (Lipinski definition) is 2. The Morgan fingerprint density at radius 2 is 1.84 bits per heavy atom. The molecule has 19 heavy (non-hydrogen) atoms. The average molecular weight is 264 g/mol. The summed E-state index contributed by atoms with van der Waals surface area (Å²) in [6.07, 6.45) is 0. The molecule has 0 bridgehead atoms. The summed E-state index contributed by atoms with van der Waals surface area (Å²) in [5.74, 6) is 1.25. The number of carbonyl (C=O) groups is 1. The molecule has 0 aliphatic heterocycles. The van der Waals surface area contributed by atoms with Crippen LogP contribution in [0.3, 0.4) is 0 Å². The van der Waals surface area contributed by atoms with E-state index in [0.717, 1.165) is 5.75 Å². The van der Waals surface area contributed by atoms with Crippen molar-refractivity contribution in [1.29, 1.82) is 0 Å². The van der Waals surface area contributed by atoms with Gasteiger partial charge in [-0.15, -0.1) is 0 Å². The SMILES string of the molecule is Cc1ccc(OCCNC(=O)NC(C)C(C)C)cc1. The molecule has 4 heteroatoms. The van der Waals surface area contributed by atoms with Crippen LogP contribution in [0.4, 0.5) is 4.79 Å². The topological polar surface area (TPSA) is 50.4 Å². The van der Waals surface area contributed by atoms with Gasteiger partial charge in [0.15, 0.2) is 0 Å². The Balaban J connectivity index is 2.17. The van der Waals surface area contributed by atoms with Crippen molar-refractivity contribution in [3.63, 3.8) is 0 Å². The molecule has 1 aromatic carbocycles. The molecular weight excluding hydrogens is 240 g/mol. The van der Waals surface area contributed by atoms with Gasteiger partial charge < -0.3 is 15.4 Å². The Kier molecular flexibility index (Phi) is 6.19. The fourth-order valence-electron chi connectivity index (χ4n) is 1.39. The van der Waals surface area contributed by atoms with Gasteiger partial charge in [0.05, 0.1) is 6.54 Å². The quantitative estimate of drug-likeness (QED) is 0.776. The molecule has 0 saturated heterocycles. The van der Waals surface area contributed by atoms with E-state index < -0.39 is 0 Å². The number of hydrogen-bond donors (Lipinski definition) is 2. The first-order valence-electron chi connectivity index (χ1n) is 6.73. The summed E-state index contributed by atoms with van der Waals surface area (Å²) in [6.45, 7) is 9.13. The Labute approximate surface area is 115 Å². The van der Waals surface area contributed by atoms with Crippen LogP contribution in [-0.4, -0.2) is 25.2 Å². The third-order valence-corrected chi connectivity index (χ3v) is 3.04. The standard InChI is InChI=1S/C15H24N2O2/c1-11(2)13(4)17-15(18)16-9-10-19-14-7-5-12(3)6-8-14/h5-8,11,13H,9-10H2,1-4H3,(H2,16,17,18). The molecule has 4 nitrogen and oxygen atoms in total. The van der Waals surface area contributed by atoms with Gasteiger partial charge in [-0.25, -0.2) is 4.79 Å². The predicted molar refractivity (Wildman–Crippen MR) is 77.5 cm³/mol. The zero-order valence-corrected chi connectivity index (χ0v) is 12.2. The number of ether oxygens (including phenoxy) is 1. The van der Waals surface area contributed by atoms with Crippen LogP contribution in [0.15, 0.2) is 24.3 Å². The number of benzene rings is 1. The highest BCUT2D eigenvalue weighted by Crippen LogP contribution is 2.10. The predicted octanol–water partition coefficient (Wildman–Crippen LogP) is 2.72. The van der Waals surface area contributed by atoms with Gasteiger partial charge in [-0.05, 0) is 31.9 Å². The molecule has 0 aliphatic carbocycles. The molecular formula is C15H24N2O2. The molecule has 1 unspecified atom stereocenters. The fourth-order valence-corrected chi connectivity index (χ4v) is 1.39. The number of aryl methyl sites for hydroxylation is 1. The normalized spacial score (nSPS) is 12.1. The first-order valence-corrected chi connectivity index (χ1v) is 6.73. The van der Waals surface area contributed by atoms with Gasteiger partial charge in [-0.3, -0.25) is 0 Å². The van der Waals surface area contributed by atoms with Gasteiger partial charge in [-0.1, -0.05) is 31.5 Å². The summed E-state index contributed by atoms with van der Waals surface area (Å²) in [5, 5.41) is 5.65. The molecule has 0 saturated carbocycles. The van der Waals surface area contributed by atoms with Gasteiger partial charge in [0.25, 0.3) is 0 Å². The van der Waals surface area contributed by atoms with E-state index in [1.807, 2.05) is 38.1 Å². The minimum Gasteiger partial charge on any atom is -0.492 e. The molecule has 0 spiro atoms. The lowest BCUT2D eigenvalue weighted by atomic mass is 10.1. The first-order chi connectivity index (χ1) is 8.99. The van der Waals surface area contributed by atoms with Crippen molar-refractivity contribution in [1.82, 2.24) is 10.6 Å². The minimum atomic E-state index is -0.145. The monoisotopic (exact) mass is 264 g/mol. The zero-order valence-electron chi connectivity index (χ0n) is 12.2. The van der Waals surface area contributed by atoms with Crippen LogP contribution in [0.2, 0.25) is 0 Å². The molecule has 2 N–H and O–H groups in total. The van der Waals surface area contributed by atoms with E-state index in [9.17, 15) is 4.79 Å². The van der Waals surface area contributed by atoms with Crippen LogP contribution in [0, 0.1) is 12.8 Å². The smallest absolute Gasteiger partial charge is 0.315 e. The van der Waals surface area contributed by atoms with Crippen LogP contribution in [0.1, 0.15) is 26.3 Å². The minimum absolute atomic E-state index is 0.145. The van der Waals surface area contributed by atoms with Crippen molar-refractivity contribution in [3.05, 3.63) is 29.8 Å². The fraction of sp³-hybridized carbons (Fsp3) is 0.533. The first kappa shape index (κ1) is 15.3. The van der Waals surface area contributed by atoms with Gasteiger partial charge in [0, 0.05) is 6.04 Å². The van der Waals surface area contributed by atoms with Gasteiger partial charge in [-0.2, -0.15) is 0 Å². The summed E-state index contributed by atoms with van der Waals surface area (Å²) in [4.78, 5) is 11.5. The number of nitrogens with one attached hydrogen (secondary N) is 2. The van der Waals surface area contributed by atoms with Crippen molar-refractivity contribution >= 4 is 6.03 Å². The van der Waals surface area contributed by atoms with Crippen LogP contribution in [0.5, 0.6) is 5.75 Å². The Hall–Kier alpha value is -1.71. The van der Waals surface area contributed by atoms with Crippen LogP contribution < -0.4 is 15.4 Å². The van der Waals surface area contributed by atoms with E-state index in [1.165, 1.54) is 5.56 Å². The summed E-state index contributed by atoms with van der Waals surface area (Å²) < 4.78 is 5.52. The number of carbonyl (C=O) groups excluding carboxylic acids is 1. The lowest BCUT2D eigenvalue weighted by Crippen LogP contribution is -2.44. The molecule has 0 aromatic heterocycles. The van der Waals surface area contributed by atoms with Crippen molar-refractivity contribution in [3.8, 4) is 5.75 Å². The van der Waals surface area contributed by atoms with E-state index in [-0.39, 0.29) is 12.1 Å². The van der Waals surface area contributed by atoms with Gasteiger partial charge in [0.1, 0.15) is 12.4 Å². The second kappa shape index (κ2) is 7.67. The van der Waals surface area contributed by atoms with E-state index in [1.54, 1.807) is 0 Å². The highest BCUT2D eigenvalue weighted by Gasteiger charge is 2.09.